The van der Waals surface area contributed by atoms with Crippen LogP contribution in [0.3, 0.4) is 0 Å². The van der Waals surface area contributed by atoms with E-state index >= 15 is 0 Å². The second-order valence-corrected chi connectivity index (χ2v) is 5.23. The van der Waals surface area contributed by atoms with Crippen LogP contribution in [0.4, 0.5) is 5.69 Å². The van der Waals surface area contributed by atoms with Gasteiger partial charge in [-0.15, -0.1) is 0 Å². The molecule has 3 aromatic rings. The van der Waals surface area contributed by atoms with Gasteiger partial charge in [-0.2, -0.15) is 0 Å². The third-order valence-electron chi connectivity index (χ3n) is 2.97. The lowest BCUT2D eigenvalue weighted by Crippen LogP contribution is -1.94. The molecule has 4 nitrogen and oxygen atoms in total. The molecule has 0 fully saturated rings. The molecule has 5 heteroatoms. The molecule has 0 radical (unpaired) electrons. The second-order valence-electron chi connectivity index (χ2n) is 4.37. The molecule has 0 saturated heterocycles. The highest BCUT2D eigenvalue weighted by atomic mass is 79.9. The maximum absolute atomic E-state index is 5.92. The first-order valence-corrected chi connectivity index (χ1v) is 6.88. The van der Waals surface area contributed by atoms with Gasteiger partial charge in [0.05, 0.1) is 16.9 Å². The van der Waals surface area contributed by atoms with Crippen LogP contribution < -0.4 is 10.5 Å². The van der Waals surface area contributed by atoms with Crippen LogP contribution in [0.5, 0.6) is 11.6 Å². The van der Waals surface area contributed by atoms with Gasteiger partial charge in [0.1, 0.15) is 5.75 Å². The minimum atomic E-state index is 0.542. The minimum Gasteiger partial charge on any atom is -0.438 e. The predicted octanol–water partition coefficient (Wildman–Crippen LogP) is 4.08. The lowest BCUT2D eigenvalue weighted by Gasteiger charge is -2.10. The molecule has 0 aliphatic heterocycles. The lowest BCUT2D eigenvalue weighted by atomic mass is 10.2. The lowest BCUT2D eigenvalue weighted by molar-refractivity contribution is 0.466. The number of nitrogens with zero attached hydrogens (tertiary/aromatic N) is 2. The molecule has 0 atom stereocenters. The number of pyridine rings is 2. The first kappa shape index (κ1) is 12.9. The van der Waals surface area contributed by atoms with Gasteiger partial charge in [-0.25, -0.2) is 4.98 Å². The topological polar surface area (TPSA) is 61.0 Å². The third-order valence-corrected chi connectivity index (χ3v) is 3.81. The summed E-state index contributed by atoms with van der Waals surface area (Å²) in [5, 5.41) is 0.870. The fourth-order valence-corrected chi connectivity index (χ4v) is 2.17. The molecular weight excluding hydrogens is 318 g/mol. The molecule has 2 heterocycles. The van der Waals surface area contributed by atoms with Crippen LogP contribution in [0.2, 0.25) is 0 Å². The molecule has 100 valence electrons. The van der Waals surface area contributed by atoms with Gasteiger partial charge in [-0.1, -0.05) is 0 Å². The second kappa shape index (κ2) is 5.09. The molecule has 1 aromatic carbocycles. The van der Waals surface area contributed by atoms with E-state index in [-0.39, 0.29) is 0 Å². The van der Waals surface area contributed by atoms with Gasteiger partial charge in [0, 0.05) is 22.1 Å². The Morgan fingerprint density at radius 1 is 1.15 bits per heavy atom. The maximum atomic E-state index is 5.92. The maximum Gasteiger partial charge on any atom is 0.219 e. The predicted molar refractivity (Wildman–Crippen MR) is 82.9 cm³/mol. The van der Waals surface area contributed by atoms with Crippen LogP contribution in [-0.4, -0.2) is 9.97 Å². The molecule has 0 saturated carbocycles. The van der Waals surface area contributed by atoms with Crippen LogP contribution in [0, 0.1) is 6.92 Å². The van der Waals surface area contributed by atoms with Gasteiger partial charge in [0.25, 0.3) is 0 Å². The first-order chi connectivity index (χ1) is 9.65. The minimum absolute atomic E-state index is 0.542. The highest BCUT2D eigenvalue weighted by molar-refractivity contribution is 9.10. The molecule has 2 aromatic heterocycles. The van der Waals surface area contributed by atoms with Crippen LogP contribution in [0.15, 0.2) is 47.1 Å². The average molecular weight is 330 g/mol. The van der Waals surface area contributed by atoms with Gasteiger partial charge in [0.2, 0.25) is 5.88 Å². The highest BCUT2D eigenvalue weighted by Crippen LogP contribution is 2.31. The van der Waals surface area contributed by atoms with Crippen molar-refractivity contribution < 1.29 is 4.74 Å². The molecular formula is C15H12BrN3O. The summed E-state index contributed by atoms with van der Waals surface area (Å²) < 4.78 is 6.81. The van der Waals surface area contributed by atoms with E-state index in [0.717, 1.165) is 21.1 Å². The van der Waals surface area contributed by atoms with Crippen molar-refractivity contribution in [1.82, 2.24) is 9.97 Å². The monoisotopic (exact) mass is 329 g/mol. The number of anilines is 1. The zero-order chi connectivity index (χ0) is 14.1. The van der Waals surface area contributed by atoms with E-state index in [4.69, 9.17) is 10.5 Å². The van der Waals surface area contributed by atoms with E-state index in [1.807, 2.05) is 37.3 Å². The Kier molecular flexibility index (Phi) is 3.28. The average Bonchev–Trinajstić information content (AvgIpc) is 2.46. The van der Waals surface area contributed by atoms with Gasteiger partial charge >= 0.3 is 0 Å². The van der Waals surface area contributed by atoms with Crippen molar-refractivity contribution in [2.24, 2.45) is 0 Å². The summed E-state index contributed by atoms with van der Waals surface area (Å²) in [5.41, 5.74) is 8.17. The quantitative estimate of drug-likeness (QED) is 0.720. The van der Waals surface area contributed by atoms with E-state index in [2.05, 4.69) is 25.9 Å². The Bertz CT molecular complexity index is 789. The SMILES string of the molecule is Cc1nc(Oc2ccc(N)c3ncccc23)ccc1Br. The van der Waals surface area contributed by atoms with Crippen molar-refractivity contribution in [3.8, 4) is 11.6 Å². The molecule has 20 heavy (non-hydrogen) atoms. The number of hydrogen-bond donors (Lipinski definition) is 1. The van der Waals surface area contributed by atoms with Crippen molar-refractivity contribution in [2.45, 2.75) is 6.92 Å². The van der Waals surface area contributed by atoms with E-state index < -0.39 is 0 Å². The van der Waals surface area contributed by atoms with Crippen molar-refractivity contribution in [2.75, 3.05) is 5.73 Å². The Morgan fingerprint density at radius 3 is 2.80 bits per heavy atom. The van der Waals surface area contributed by atoms with Crippen molar-refractivity contribution in [3.05, 3.63) is 52.8 Å². The number of nitrogen functional groups attached to an aromatic ring is 1. The van der Waals surface area contributed by atoms with Gasteiger partial charge < -0.3 is 10.5 Å². The standard InChI is InChI=1S/C15H12BrN3O/c1-9-11(16)4-7-14(19-9)20-13-6-5-12(17)15-10(13)3-2-8-18-15/h2-8H,17H2,1H3. The first-order valence-electron chi connectivity index (χ1n) is 6.09. The van der Waals surface area contributed by atoms with Gasteiger partial charge in [-0.3, -0.25) is 4.98 Å². The number of benzene rings is 1. The van der Waals surface area contributed by atoms with Crippen molar-refractivity contribution >= 4 is 32.5 Å². The zero-order valence-electron chi connectivity index (χ0n) is 10.8. The summed E-state index contributed by atoms with van der Waals surface area (Å²) in [6, 6.07) is 11.1. The molecule has 3 rings (SSSR count). The van der Waals surface area contributed by atoms with Crippen molar-refractivity contribution in [1.29, 1.82) is 0 Å². The molecule has 0 aliphatic rings. The Hall–Kier alpha value is -2.14. The summed E-state index contributed by atoms with van der Waals surface area (Å²) in [7, 11) is 0. The number of fused-ring (bicyclic) bond motifs is 1. The van der Waals surface area contributed by atoms with E-state index in [1.165, 1.54) is 0 Å². The number of ether oxygens (including phenoxy) is 1. The smallest absolute Gasteiger partial charge is 0.219 e. The molecule has 0 amide bonds. The highest BCUT2D eigenvalue weighted by Gasteiger charge is 2.08. The van der Waals surface area contributed by atoms with Crippen LogP contribution in [-0.2, 0) is 0 Å². The molecule has 0 spiro atoms. The number of aryl methyl sites for hydroxylation is 1. The van der Waals surface area contributed by atoms with Gasteiger partial charge in [0.15, 0.2) is 0 Å². The van der Waals surface area contributed by atoms with Crippen molar-refractivity contribution in [3.63, 3.8) is 0 Å². The summed E-state index contributed by atoms with van der Waals surface area (Å²) in [4.78, 5) is 8.66. The Labute approximate surface area is 124 Å². The number of hydrogen-bond acceptors (Lipinski definition) is 4. The fraction of sp³-hybridized carbons (Fsp3) is 0.0667. The number of halogens is 1. The Balaban J connectivity index is 2.06. The molecule has 0 aliphatic carbocycles. The van der Waals surface area contributed by atoms with E-state index in [1.54, 1.807) is 12.3 Å². The normalized spacial score (nSPS) is 10.7. The fourth-order valence-electron chi connectivity index (χ4n) is 1.95. The Morgan fingerprint density at radius 2 is 2.00 bits per heavy atom. The summed E-state index contributed by atoms with van der Waals surface area (Å²) in [6.07, 6.45) is 1.71. The molecule has 2 N–H and O–H groups in total. The van der Waals surface area contributed by atoms with E-state index in [0.29, 0.717) is 17.3 Å². The van der Waals surface area contributed by atoms with Crippen LogP contribution >= 0.6 is 15.9 Å². The van der Waals surface area contributed by atoms with Crippen LogP contribution in [0.1, 0.15) is 5.69 Å². The number of aromatic nitrogens is 2. The summed E-state index contributed by atoms with van der Waals surface area (Å²) >= 11 is 3.42. The summed E-state index contributed by atoms with van der Waals surface area (Å²) in [6.45, 7) is 1.92. The van der Waals surface area contributed by atoms with Crippen LogP contribution in [0.25, 0.3) is 10.9 Å². The number of rotatable bonds is 2. The number of nitrogens with two attached hydrogens (primary N) is 1. The third kappa shape index (κ3) is 2.32. The summed E-state index contributed by atoms with van der Waals surface area (Å²) in [5.74, 6) is 1.23. The molecule has 0 bridgehead atoms. The van der Waals surface area contributed by atoms with E-state index in [9.17, 15) is 0 Å². The largest absolute Gasteiger partial charge is 0.438 e. The molecule has 0 unspecified atom stereocenters. The zero-order valence-corrected chi connectivity index (χ0v) is 12.4. The van der Waals surface area contributed by atoms with Gasteiger partial charge in [-0.05, 0) is 53.2 Å².